The van der Waals surface area contributed by atoms with Crippen LogP contribution < -0.4 is 15.4 Å². The van der Waals surface area contributed by atoms with Crippen molar-refractivity contribution in [2.24, 2.45) is 5.73 Å². The summed E-state index contributed by atoms with van der Waals surface area (Å²) >= 11 is 0. The predicted octanol–water partition coefficient (Wildman–Crippen LogP) is 2.92. The molecule has 142 valence electrons. The summed E-state index contributed by atoms with van der Waals surface area (Å²) < 4.78 is 6.00. The summed E-state index contributed by atoms with van der Waals surface area (Å²) in [6.07, 6.45) is 0.983. The smallest absolute Gasteiger partial charge is 0.293 e. The van der Waals surface area contributed by atoms with Crippen LogP contribution in [0.5, 0.6) is 11.5 Å². The molecule has 0 saturated carbocycles. The highest BCUT2D eigenvalue weighted by atomic mass is 16.6. The number of hydrogen-bond acceptors (Lipinski definition) is 6. The fraction of sp³-hybridized carbons (Fsp3) is 0.400. The first-order chi connectivity index (χ1) is 13.0. The van der Waals surface area contributed by atoms with Crippen LogP contribution in [0.2, 0.25) is 0 Å². The van der Waals surface area contributed by atoms with Gasteiger partial charge in [-0.2, -0.15) is 0 Å². The Morgan fingerprint density at radius 2 is 1.93 bits per heavy atom. The molecule has 2 saturated heterocycles. The van der Waals surface area contributed by atoms with Gasteiger partial charge in [-0.25, -0.2) is 0 Å². The topological polar surface area (TPSA) is 84.9 Å². The molecule has 2 fully saturated rings. The van der Waals surface area contributed by atoms with Crippen LogP contribution in [0.4, 0.5) is 11.4 Å². The maximum atomic E-state index is 11.7. The first-order valence-corrected chi connectivity index (χ1v) is 9.30. The largest absolute Gasteiger partial charge is 0.457 e. The molecule has 2 aliphatic heterocycles. The fourth-order valence-corrected chi connectivity index (χ4v) is 4.18. The van der Waals surface area contributed by atoms with Crippen LogP contribution in [0.3, 0.4) is 0 Å². The number of rotatable bonds is 4. The van der Waals surface area contributed by atoms with E-state index in [4.69, 9.17) is 10.5 Å². The van der Waals surface area contributed by atoms with Crippen LogP contribution in [-0.4, -0.2) is 48.1 Å². The molecule has 0 bridgehead atoms. The number of piperazine rings is 1. The highest BCUT2D eigenvalue weighted by Crippen LogP contribution is 2.40. The second-order valence-corrected chi connectivity index (χ2v) is 7.23. The van der Waals surface area contributed by atoms with E-state index >= 15 is 0 Å². The molecule has 2 aromatic carbocycles. The molecule has 2 atom stereocenters. The number of fused-ring (bicyclic) bond motifs is 1. The van der Waals surface area contributed by atoms with Gasteiger partial charge >= 0.3 is 0 Å². The van der Waals surface area contributed by atoms with Gasteiger partial charge in [-0.15, -0.1) is 0 Å². The molecule has 0 amide bonds. The standard InChI is InChI=1S/C20H24N4O3/c1-14-19(27-15-5-3-2-4-6-15)8-7-17(24(25)26)20(14)23-12-11-22-10-9-16(21)18(22)13-23/h2-8,16,18H,9-13,21H2,1H3/t16-,18+/m1/s1. The number of ether oxygens (including phenoxy) is 1. The lowest BCUT2D eigenvalue weighted by Gasteiger charge is -2.40. The summed E-state index contributed by atoms with van der Waals surface area (Å²) in [6, 6.07) is 13.1. The summed E-state index contributed by atoms with van der Waals surface area (Å²) in [6.45, 7) is 5.23. The second-order valence-electron chi connectivity index (χ2n) is 7.23. The molecule has 4 rings (SSSR count). The van der Waals surface area contributed by atoms with E-state index in [2.05, 4.69) is 9.80 Å². The number of benzene rings is 2. The molecule has 0 radical (unpaired) electrons. The Morgan fingerprint density at radius 3 is 2.67 bits per heavy atom. The van der Waals surface area contributed by atoms with Crippen LogP contribution in [0.15, 0.2) is 42.5 Å². The van der Waals surface area contributed by atoms with Gasteiger partial charge in [0.1, 0.15) is 17.2 Å². The molecular weight excluding hydrogens is 344 g/mol. The molecule has 0 unspecified atom stereocenters. The quantitative estimate of drug-likeness (QED) is 0.660. The van der Waals surface area contributed by atoms with Gasteiger partial charge in [0.05, 0.1) is 4.92 Å². The van der Waals surface area contributed by atoms with Crippen molar-refractivity contribution in [1.29, 1.82) is 0 Å². The second kappa shape index (κ2) is 7.17. The number of para-hydroxylation sites is 1. The minimum Gasteiger partial charge on any atom is -0.457 e. The molecule has 0 aromatic heterocycles. The lowest BCUT2D eigenvalue weighted by atomic mass is 10.0. The molecule has 2 heterocycles. The first-order valence-electron chi connectivity index (χ1n) is 9.30. The number of nitrogens with zero attached hydrogens (tertiary/aromatic N) is 3. The van der Waals surface area contributed by atoms with Crippen LogP contribution in [0.25, 0.3) is 0 Å². The molecule has 7 heteroatoms. The minimum absolute atomic E-state index is 0.118. The van der Waals surface area contributed by atoms with Crippen LogP contribution >= 0.6 is 0 Å². The van der Waals surface area contributed by atoms with E-state index in [1.54, 1.807) is 12.1 Å². The van der Waals surface area contributed by atoms with Gasteiger partial charge in [-0.3, -0.25) is 15.0 Å². The van der Waals surface area contributed by atoms with Crippen molar-refractivity contribution >= 4 is 11.4 Å². The summed E-state index contributed by atoms with van der Waals surface area (Å²) in [5, 5.41) is 11.7. The third-order valence-corrected chi connectivity index (χ3v) is 5.62. The molecule has 0 aliphatic carbocycles. The number of nitro benzene ring substituents is 1. The SMILES string of the molecule is Cc1c(Oc2ccccc2)ccc([N+](=O)[O-])c1N1CCN2CC[C@@H](N)[C@@H]2C1. The summed E-state index contributed by atoms with van der Waals surface area (Å²) in [5.41, 5.74) is 7.82. The van der Waals surface area contributed by atoms with Crippen molar-refractivity contribution in [1.82, 2.24) is 4.90 Å². The monoisotopic (exact) mass is 368 g/mol. The molecule has 27 heavy (non-hydrogen) atoms. The highest BCUT2D eigenvalue weighted by Gasteiger charge is 2.38. The Kier molecular flexibility index (Phi) is 4.72. The third kappa shape index (κ3) is 3.36. The molecule has 2 N–H and O–H groups in total. The van der Waals surface area contributed by atoms with Crippen LogP contribution in [0, 0.1) is 17.0 Å². The first kappa shape index (κ1) is 17.8. The molecule has 7 nitrogen and oxygen atoms in total. The molecule has 2 aromatic rings. The van der Waals surface area contributed by atoms with Gasteiger partial charge in [-0.05, 0) is 31.5 Å². The van der Waals surface area contributed by atoms with E-state index in [0.717, 1.165) is 31.6 Å². The molecule has 0 spiro atoms. The minimum atomic E-state index is -0.310. The lowest BCUT2D eigenvalue weighted by Crippen LogP contribution is -2.55. The van der Waals surface area contributed by atoms with Gasteiger partial charge in [0.2, 0.25) is 0 Å². The third-order valence-electron chi connectivity index (χ3n) is 5.62. The number of hydrogen-bond donors (Lipinski definition) is 1. The maximum absolute atomic E-state index is 11.7. The summed E-state index contributed by atoms with van der Waals surface area (Å²) in [7, 11) is 0. The normalized spacial score (nSPS) is 22.5. The van der Waals surface area contributed by atoms with E-state index in [1.165, 1.54) is 0 Å². The Morgan fingerprint density at radius 1 is 1.15 bits per heavy atom. The number of anilines is 1. The van der Waals surface area contributed by atoms with E-state index < -0.39 is 0 Å². The van der Waals surface area contributed by atoms with Gasteiger partial charge < -0.3 is 15.4 Å². The van der Waals surface area contributed by atoms with Crippen molar-refractivity contribution < 1.29 is 9.66 Å². The fourth-order valence-electron chi connectivity index (χ4n) is 4.18. The number of nitro groups is 1. The van der Waals surface area contributed by atoms with Gasteiger partial charge in [0, 0.05) is 49.9 Å². The summed E-state index contributed by atoms with van der Waals surface area (Å²) in [4.78, 5) is 15.9. The zero-order chi connectivity index (χ0) is 19.0. The van der Waals surface area contributed by atoms with Crippen molar-refractivity contribution in [2.45, 2.75) is 25.4 Å². The highest BCUT2D eigenvalue weighted by molar-refractivity contribution is 5.72. The van der Waals surface area contributed by atoms with Crippen LogP contribution in [-0.2, 0) is 0 Å². The van der Waals surface area contributed by atoms with Gasteiger partial charge in [0.25, 0.3) is 5.69 Å². The average Bonchev–Trinajstić information content (AvgIpc) is 3.04. The zero-order valence-corrected chi connectivity index (χ0v) is 15.4. The van der Waals surface area contributed by atoms with E-state index in [0.29, 0.717) is 23.7 Å². The van der Waals surface area contributed by atoms with E-state index in [1.807, 2.05) is 37.3 Å². The van der Waals surface area contributed by atoms with Crippen molar-refractivity contribution in [3.05, 3.63) is 58.1 Å². The zero-order valence-electron chi connectivity index (χ0n) is 15.4. The van der Waals surface area contributed by atoms with Crippen molar-refractivity contribution in [3.63, 3.8) is 0 Å². The Labute approximate surface area is 158 Å². The van der Waals surface area contributed by atoms with E-state index in [9.17, 15) is 10.1 Å². The molecule has 2 aliphatic rings. The average molecular weight is 368 g/mol. The van der Waals surface area contributed by atoms with Crippen molar-refractivity contribution in [2.75, 3.05) is 31.1 Å². The van der Waals surface area contributed by atoms with Gasteiger partial charge in [-0.1, -0.05) is 18.2 Å². The van der Waals surface area contributed by atoms with E-state index in [-0.39, 0.29) is 22.7 Å². The maximum Gasteiger partial charge on any atom is 0.293 e. The molecular formula is C20H24N4O3. The predicted molar refractivity (Wildman–Crippen MR) is 105 cm³/mol. The van der Waals surface area contributed by atoms with Crippen molar-refractivity contribution in [3.8, 4) is 11.5 Å². The lowest BCUT2D eigenvalue weighted by molar-refractivity contribution is -0.384. The van der Waals surface area contributed by atoms with Crippen LogP contribution in [0.1, 0.15) is 12.0 Å². The summed E-state index contributed by atoms with van der Waals surface area (Å²) in [5.74, 6) is 1.35. The Bertz CT molecular complexity index is 843. The Hall–Kier alpha value is -2.64. The number of nitrogens with two attached hydrogens (primary N) is 1. The Balaban J connectivity index is 1.69. The van der Waals surface area contributed by atoms with Gasteiger partial charge in [0.15, 0.2) is 0 Å².